The fourth-order valence-electron chi connectivity index (χ4n) is 3.17. The van der Waals surface area contributed by atoms with Gasteiger partial charge < -0.3 is 19.4 Å². The van der Waals surface area contributed by atoms with E-state index in [0.29, 0.717) is 0 Å². The van der Waals surface area contributed by atoms with E-state index in [1.807, 2.05) is 18.2 Å². The lowest BCUT2D eigenvalue weighted by atomic mass is 10.00. The van der Waals surface area contributed by atoms with E-state index in [0.717, 1.165) is 22.7 Å². The molecule has 4 nitrogen and oxygen atoms in total. The Morgan fingerprint density at radius 1 is 0.913 bits per heavy atom. The molecule has 1 aromatic heterocycles. The lowest BCUT2D eigenvalue weighted by Crippen LogP contribution is -2.21. The molecule has 0 radical (unpaired) electrons. The highest BCUT2D eigenvalue weighted by Crippen LogP contribution is 2.39. The van der Waals surface area contributed by atoms with Gasteiger partial charge in [-0.15, -0.1) is 0 Å². The van der Waals surface area contributed by atoms with Crippen molar-refractivity contribution < 1.29 is 9.47 Å². The van der Waals surface area contributed by atoms with Crippen LogP contribution in [0.3, 0.4) is 0 Å². The molecule has 1 N–H and O–H groups in total. The second-order valence-corrected chi connectivity index (χ2v) is 5.51. The largest absolute Gasteiger partial charge is 0.493 e. The van der Waals surface area contributed by atoms with E-state index in [4.69, 9.17) is 9.47 Å². The minimum atomic E-state index is 0.0692. The molecule has 0 saturated heterocycles. The number of benzene rings is 2. The number of hydrogen-bond donors (Lipinski definition) is 1. The van der Waals surface area contributed by atoms with Crippen LogP contribution >= 0.6 is 0 Å². The molecular weight excluding hydrogens is 288 g/mol. The number of rotatable bonds is 3. The van der Waals surface area contributed by atoms with E-state index in [1.54, 1.807) is 14.2 Å². The van der Waals surface area contributed by atoms with Crippen LogP contribution in [-0.4, -0.2) is 18.8 Å². The number of methoxy groups -OCH3 is 2. The minimum Gasteiger partial charge on any atom is -0.493 e. The van der Waals surface area contributed by atoms with Crippen molar-refractivity contribution in [3.63, 3.8) is 0 Å². The predicted octanol–water partition coefficient (Wildman–Crippen LogP) is 4.01. The van der Waals surface area contributed by atoms with Crippen molar-refractivity contribution in [2.24, 2.45) is 0 Å². The summed E-state index contributed by atoms with van der Waals surface area (Å²) >= 11 is 0. The number of anilines is 1. The quantitative estimate of drug-likeness (QED) is 0.794. The Balaban J connectivity index is 1.83. The predicted molar refractivity (Wildman–Crippen MR) is 90.8 cm³/mol. The first kappa shape index (κ1) is 13.8. The Morgan fingerprint density at radius 2 is 1.74 bits per heavy atom. The molecule has 4 heteroatoms. The van der Waals surface area contributed by atoms with Crippen LogP contribution in [0.5, 0.6) is 11.5 Å². The summed E-state index contributed by atoms with van der Waals surface area (Å²) < 4.78 is 13.0. The van der Waals surface area contributed by atoms with E-state index in [1.165, 1.54) is 11.4 Å². The summed E-state index contributed by atoms with van der Waals surface area (Å²) in [5.41, 5.74) is 4.63. The van der Waals surface area contributed by atoms with E-state index in [9.17, 15) is 0 Å². The smallest absolute Gasteiger partial charge is 0.161 e. The Labute approximate surface area is 135 Å². The molecule has 2 aromatic carbocycles. The molecule has 2 heterocycles. The van der Waals surface area contributed by atoms with Gasteiger partial charge in [0.15, 0.2) is 11.5 Å². The molecule has 4 rings (SSSR count). The van der Waals surface area contributed by atoms with Gasteiger partial charge in [0, 0.05) is 11.9 Å². The number of nitrogens with zero attached hydrogens (tertiary/aromatic N) is 1. The lowest BCUT2D eigenvalue weighted by Gasteiger charge is -2.30. The van der Waals surface area contributed by atoms with Gasteiger partial charge in [0.1, 0.15) is 0 Å². The summed E-state index contributed by atoms with van der Waals surface area (Å²) in [4.78, 5) is 0. The van der Waals surface area contributed by atoms with Gasteiger partial charge in [0.25, 0.3) is 0 Å². The second kappa shape index (κ2) is 5.39. The molecule has 1 aliphatic rings. The molecule has 1 aliphatic heterocycles. The average Bonchev–Trinajstić information content (AvgIpc) is 3.10. The van der Waals surface area contributed by atoms with Crippen LogP contribution in [0.4, 0.5) is 5.69 Å². The van der Waals surface area contributed by atoms with Gasteiger partial charge in [0.2, 0.25) is 0 Å². The molecule has 0 saturated carbocycles. The first-order valence-electron chi connectivity index (χ1n) is 7.57. The van der Waals surface area contributed by atoms with Crippen molar-refractivity contribution in [3.8, 4) is 17.2 Å². The summed E-state index contributed by atoms with van der Waals surface area (Å²) in [6, 6.07) is 18.7. The maximum absolute atomic E-state index is 5.45. The summed E-state index contributed by atoms with van der Waals surface area (Å²) in [6.07, 6.45) is 2.10. The molecule has 0 spiro atoms. The fraction of sp³-hybridized carbons (Fsp3) is 0.158. The van der Waals surface area contributed by atoms with Crippen molar-refractivity contribution in [1.29, 1.82) is 0 Å². The van der Waals surface area contributed by atoms with Gasteiger partial charge in [-0.2, -0.15) is 0 Å². The van der Waals surface area contributed by atoms with Crippen molar-refractivity contribution >= 4 is 5.69 Å². The minimum absolute atomic E-state index is 0.0692. The molecule has 1 atom stereocenters. The van der Waals surface area contributed by atoms with Gasteiger partial charge in [0.05, 0.1) is 31.6 Å². The third kappa shape index (κ3) is 2.14. The monoisotopic (exact) mass is 306 g/mol. The Morgan fingerprint density at radius 3 is 2.57 bits per heavy atom. The van der Waals surface area contributed by atoms with Crippen LogP contribution in [0.25, 0.3) is 5.69 Å². The zero-order valence-electron chi connectivity index (χ0n) is 13.1. The topological polar surface area (TPSA) is 35.4 Å². The standard InChI is InChI=1S/C19H18N2O2/c1-22-17-10-9-13(12-18(17)23-2)19-16-8-5-11-21(16)15-7-4-3-6-14(15)20-19/h3-12,19-20H,1-2H3. The van der Waals surface area contributed by atoms with Crippen LogP contribution < -0.4 is 14.8 Å². The molecule has 0 aliphatic carbocycles. The molecule has 1 unspecified atom stereocenters. The third-order valence-corrected chi connectivity index (χ3v) is 4.28. The van der Waals surface area contributed by atoms with Gasteiger partial charge in [-0.25, -0.2) is 0 Å². The Kier molecular flexibility index (Phi) is 3.23. The highest BCUT2D eigenvalue weighted by molar-refractivity contribution is 5.67. The van der Waals surface area contributed by atoms with Crippen molar-refractivity contribution in [2.75, 3.05) is 19.5 Å². The highest BCUT2D eigenvalue weighted by atomic mass is 16.5. The van der Waals surface area contributed by atoms with Crippen LogP contribution in [0, 0.1) is 0 Å². The molecule has 0 bridgehead atoms. The summed E-state index contributed by atoms with van der Waals surface area (Å²) in [7, 11) is 3.31. The van der Waals surface area contributed by atoms with Crippen molar-refractivity contribution in [1.82, 2.24) is 4.57 Å². The van der Waals surface area contributed by atoms with Gasteiger partial charge in [-0.3, -0.25) is 0 Å². The summed E-state index contributed by atoms with van der Waals surface area (Å²) in [5.74, 6) is 1.48. The maximum Gasteiger partial charge on any atom is 0.161 e. The van der Waals surface area contributed by atoms with E-state index >= 15 is 0 Å². The third-order valence-electron chi connectivity index (χ3n) is 4.28. The Bertz CT molecular complexity index is 854. The van der Waals surface area contributed by atoms with Gasteiger partial charge in [-0.1, -0.05) is 18.2 Å². The van der Waals surface area contributed by atoms with E-state index in [-0.39, 0.29) is 6.04 Å². The number of para-hydroxylation sites is 2. The average molecular weight is 306 g/mol. The Hall–Kier alpha value is -2.88. The second-order valence-electron chi connectivity index (χ2n) is 5.51. The summed E-state index contributed by atoms with van der Waals surface area (Å²) in [5, 5.41) is 3.63. The zero-order chi connectivity index (χ0) is 15.8. The summed E-state index contributed by atoms with van der Waals surface area (Å²) in [6.45, 7) is 0. The van der Waals surface area contributed by atoms with Crippen LogP contribution in [-0.2, 0) is 0 Å². The van der Waals surface area contributed by atoms with Crippen LogP contribution in [0.1, 0.15) is 17.3 Å². The number of ether oxygens (including phenoxy) is 2. The van der Waals surface area contributed by atoms with Crippen molar-refractivity contribution in [2.45, 2.75) is 6.04 Å². The molecule has 23 heavy (non-hydrogen) atoms. The number of aromatic nitrogens is 1. The molecule has 0 amide bonds. The number of nitrogens with one attached hydrogen (secondary N) is 1. The first-order valence-corrected chi connectivity index (χ1v) is 7.57. The zero-order valence-corrected chi connectivity index (χ0v) is 13.1. The lowest BCUT2D eigenvalue weighted by molar-refractivity contribution is 0.354. The number of fused-ring (bicyclic) bond motifs is 3. The van der Waals surface area contributed by atoms with Gasteiger partial charge >= 0.3 is 0 Å². The van der Waals surface area contributed by atoms with E-state index in [2.05, 4.69) is 52.5 Å². The van der Waals surface area contributed by atoms with Gasteiger partial charge in [-0.05, 0) is 42.0 Å². The normalized spacial score (nSPS) is 15.3. The first-order chi connectivity index (χ1) is 11.3. The fourth-order valence-corrected chi connectivity index (χ4v) is 3.17. The maximum atomic E-state index is 5.45. The highest BCUT2D eigenvalue weighted by Gasteiger charge is 2.25. The number of hydrogen-bond acceptors (Lipinski definition) is 3. The van der Waals surface area contributed by atoms with Crippen LogP contribution in [0.15, 0.2) is 60.8 Å². The molecular formula is C19H18N2O2. The molecule has 116 valence electrons. The molecule has 3 aromatic rings. The SMILES string of the molecule is COc1ccc(C2Nc3ccccc3-n3cccc32)cc1OC. The van der Waals surface area contributed by atoms with E-state index < -0.39 is 0 Å². The molecule has 0 fully saturated rings. The van der Waals surface area contributed by atoms with Crippen LogP contribution in [0.2, 0.25) is 0 Å². The van der Waals surface area contributed by atoms with Crippen molar-refractivity contribution in [3.05, 3.63) is 72.1 Å².